The van der Waals surface area contributed by atoms with Gasteiger partial charge in [-0.2, -0.15) is 0 Å². The van der Waals surface area contributed by atoms with E-state index in [4.69, 9.17) is 0 Å². The molecule has 6 heteroatoms. The van der Waals surface area contributed by atoms with Crippen LogP contribution in [0.25, 0.3) is 0 Å². The summed E-state index contributed by atoms with van der Waals surface area (Å²) < 4.78 is 24.7. The van der Waals surface area contributed by atoms with Crippen LogP contribution in [0, 0.1) is 0 Å². The molecule has 3 nitrogen and oxygen atoms in total. The number of likely N-dealkylation sites (tertiary alicyclic amines) is 1. The first-order chi connectivity index (χ1) is 9.95. The first-order valence-corrected chi connectivity index (χ1v) is 8.55. The lowest BCUT2D eigenvalue weighted by Crippen LogP contribution is -2.44. The van der Waals surface area contributed by atoms with Crippen molar-refractivity contribution in [3.8, 4) is 0 Å². The van der Waals surface area contributed by atoms with Crippen molar-refractivity contribution in [2.24, 2.45) is 0 Å². The first kappa shape index (κ1) is 16.8. The van der Waals surface area contributed by atoms with Gasteiger partial charge in [-0.15, -0.1) is 11.3 Å². The molecule has 120 valence electrons. The largest absolute Gasteiger partial charge is 0.306 e. The summed E-state index contributed by atoms with van der Waals surface area (Å²) in [5, 5.41) is 6.89. The van der Waals surface area contributed by atoms with Crippen molar-refractivity contribution in [2.75, 3.05) is 19.6 Å². The average molecular weight is 317 g/mol. The molecule has 1 aromatic rings. The molecule has 1 atom stereocenters. The number of piperidine rings is 1. The highest BCUT2D eigenvalue weighted by Gasteiger charge is 2.23. The van der Waals surface area contributed by atoms with Crippen molar-refractivity contribution in [3.05, 3.63) is 16.1 Å². The van der Waals surface area contributed by atoms with Gasteiger partial charge in [-0.05, 0) is 32.9 Å². The van der Waals surface area contributed by atoms with Crippen molar-refractivity contribution in [3.63, 3.8) is 0 Å². The maximum Gasteiger partial charge on any atom is 0.251 e. The highest BCUT2D eigenvalue weighted by Crippen LogP contribution is 2.24. The summed E-state index contributed by atoms with van der Waals surface area (Å²) >= 11 is 1.71. The summed E-state index contributed by atoms with van der Waals surface area (Å²) in [6, 6.07) is 0.624. The number of hydrogen-bond acceptors (Lipinski definition) is 4. The van der Waals surface area contributed by atoms with E-state index in [0.29, 0.717) is 12.0 Å². The zero-order valence-corrected chi connectivity index (χ0v) is 13.8. The predicted octanol–water partition coefficient (Wildman–Crippen LogP) is 3.65. The van der Waals surface area contributed by atoms with Gasteiger partial charge in [0.1, 0.15) is 0 Å². The van der Waals surface area contributed by atoms with Crippen LogP contribution >= 0.6 is 11.3 Å². The summed E-state index contributed by atoms with van der Waals surface area (Å²) in [5.74, 6) is 0.466. The standard InChI is InChI=1S/C15H25F2N3S/c1-10(2)15-19-13(9-21-15)11(3)18-12-4-6-20(7-5-12)8-14(16)17/h9-12,14,18H,4-8H2,1-3H3. The molecule has 0 bridgehead atoms. The molecule has 1 aliphatic heterocycles. The molecule has 1 unspecified atom stereocenters. The van der Waals surface area contributed by atoms with Gasteiger partial charge in [-0.1, -0.05) is 13.8 Å². The second-order valence-corrected chi connectivity index (χ2v) is 7.01. The van der Waals surface area contributed by atoms with Crippen molar-refractivity contribution < 1.29 is 8.78 Å². The van der Waals surface area contributed by atoms with E-state index in [9.17, 15) is 8.78 Å². The Morgan fingerprint density at radius 3 is 2.52 bits per heavy atom. The van der Waals surface area contributed by atoms with E-state index in [1.807, 2.05) is 4.90 Å². The summed E-state index contributed by atoms with van der Waals surface area (Å²) in [5.41, 5.74) is 1.10. The van der Waals surface area contributed by atoms with Crippen molar-refractivity contribution >= 4 is 11.3 Å². The number of aromatic nitrogens is 1. The summed E-state index contributed by atoms with van der Waals surface area (Å²) in [4.78, 5) is 6.53. The van der Waals surface area contributed by atoms with E-state index < -0.39 is 6.43 Å². The molecule has 0 saturated carbocycles. The maximum absolute atomic E-state index is 12.4. The molecule has 0 aliphatic carbocycles. The minimum atomic E-state index is -2.22. The van der Waals surface area contributed by atoms with Crippen LogP contribution < -0.4 is 5.32 Å². The Balaban J connectivity index is 1.79. The number of thiazole rings is 1. The summed E-state index contributed by atoms with van der Waals surface area (Å²) in [6.07, 6.45) is -0.367. The van der Waals surface area contributed by atoms with E-state index >= 15 is 0 Å². The number of halogens is 2. The first-order valence-electron chi connectivity index (χ1n) is 7.67. The quantitative estimate of drug-likeness (QED) is 0.868. The second kappa shape index (κ2) is 7.61. The number of nitrogens with one attached hydrogen (secondary N) is 1. The van der Waals surface area contributed by atoms with Gasteiger partial charge in [0.2, 0.25) is 0 Å². The Bertz CT molecular complexity index is 428. The Morgan fingerprint density at radius 1 is 1.33 bits per heavy atom. The lowest BCUT2D eigenvalue weighted by Gasteiger charge is -2.33. The lowest BCUT2D eigenvalue weighted by atomic mass is 10.0. The highest BCUT2D eigenvalue weighted by atomic mass is 32.1. The highest BCUT2D eigenvalue weighted by molar-refractivity contribution is 7.09. The van der Waals surface area contributed by atoms with Crippen molar-refractivity contribution in [1.29, 1.82) is 0 Å². The summed E-state index contributed by atoms with van der Waals surface area (Å²) in [7, 11) is 0. The molecule has 2 rings (SSSR count). The molecule has 1 aromatic heterocycles. The predicted molar refractivity (Wildman–Crippen MR) is 83.2 cm³/mol. The lowest BCUT2D eigenvalue weighted by molar-refractivity contribution is 0.0722. The molecule has 1 fully saturated rings. The molecule has 0 amide bonds. The Kier molecular flexibility index (Phi) is 6.08. The van der Waals surface area contributed by atoms with Crippen LogP contribution in [0.5, 0.6) is 0 Å². The van der Waals surface area contributed by atoms with Crippen LogP contribution in [0.4, 0.5) is 8.78 Å². The zero-order valence-electron chi connectivity index (χ0n) is 13.0. The Labute approximate surface area is 129 Å². The van der Waals surface area contributed by atoms with Crippen LogP contribution in [-0.4, -0.2) is 42.0 Å². The van der Waals surface area contributed by atoms with Crippen molar-refractivity contribution in [2.45, 2.75) is 58.0 Å². The molecule has 1 saturated heterocycles. The fourth-order valence-corrected chi connectivity index (χ4v) is 3.61. The molecule has 0 spiro atoms. The van der Waals surface area contributed by atoms with Crippen LogP contribution in [-0.2, 0) is 0 Å². The summed E-state index contributed by atoms with van der Waals surface area (Å²) in [6.45, 7) is 7.85. The molecule has 21 heavy (non-hydrogen) atoms. The third-order valence-electron chi connectivity index (χ3n) is 3.95. The third-order valence-corrected chi connectivity index (χ3v) is 5.11. The third kappa shape index (κ3) is 4.97. The molecule has 0 aromatic carbocycles. The van der Waals surface area contributed by atoms with Gasteiger partial charge < -0.3 is 5.32 Å². The molecular weight excluding hydrogens is 292 g/mol. The van der Waals surface area contributed by atoms with E-state index in [0.717, 1.165) is 31.6 Å². The molecule has 2 heterocycles. The number of rotatable bonds is 6. The number of nitrogens with zero attached hydrogens (tertiary/aromatic N) is 2. The van der Waals surface area contributed by atoms with Gasteiger partial charge in [0.15, 0.2) is 0 Å². The zero-order chi connectivity index (χ0) is 15.4. The van der Waals surface area contributed by atoms with Crippen LogP contribution in [0.2, 0.25) is 0 Å². The molecular formula is C15H25F2N3S. The number of alkyl halides is 2. The monoisotopic (exact) mass is 317 g/mol. The molecule has 0 radical (unpaired) electrons. The van der Waals surface area contributed by atoms with Crippen LogP contribution in [0.1, 0.15) is 56.3 Å². The Morgan fingerprint density at radius 2 is 2.00 bits per heavy atom. The van der Waals surface area contributed by atoms with Gasteiger partial charge in [0.05, 0.1) is 17.2 Å². The average Bonchev–Trinajstić information content (AvgIpc) is 2.90. The van der Waals surface area contributed by atoms with Gasteiger partial charge in [-0.25, -0.2) is 13.8 Å². The van der Waals surface area contributed by atoms with Gasteiger partial charge in [0.25, 0.3) is 6.43 Å². The normalized spacial score (nSPS) is 19.6. The number of hydrogen-bond donors (Lipinski definition) is 1. The smallest absolute Gasteiger partial charge is 0.251 e. The second-order valence-electron chi connectivity index (χ2n) is 6.12. The van der Waals surface area contributed by atoms with E-state index in [-0.39, 0.29) is 12.6 Å². The minimum absolute atomic E-state index is 0.0912. The van der Waals surface area contributed by atoms with Crippen LogP contribution in [0.3, 0.4) is 0 Å². The van der Waals surface area contributed by atoms with E-state index in [1.165, 1.54) is 5.01 Å². The van der Waals surface area contributed by atoms with Crippen LogP contribution in [0.15, 0.2) is 5.38 Å². The van der Waals surface area contributed by atoms with Gasteiger partial charge in [-0.3, -0.25) is 4.90 Å². The van der Waals surface area contributed by atoms with Gasteiger partial charge in [0, 0.05) is 23.4 Å². The topological polar surface area (TPSA) is 28.2 Å². The minimum Gasteiger partial charge on any atom is -0.306 e. The van der Waals surface area contributed by atoms with E-state index in [1.54, 1.807) is 11.3 Å². The maximum atomic E-state index is 12.4. The molecule has 1 aliphatic rings. The SMILES string of the molecule is CC(C)c1nc(C(C)NC2CCN(CC(F)F)CC2)cs1. The van der Waals surface area contributed by atoms with Gasteiger partial charge >= 0.3 is 0 Å². The molecule has 1 N–H and O–H groups in total. The fraction of sp³-hybridized carbons (Fsp3) is 0.800. The fourth-order valence-electron chi connectivity index (χ4n) is 2.68. The van der Waals surface area contributed by atoms with E-state index in [2.05, 4.69) is 36.5 Å². The Hall–Kier alpha value is -0.590. The van der Waals surface area contributed by atoms with Crippen molar-refractivity contribution in [1.82, 2.24) is 15.2 Å².